The summed E-state index contributed by atoms with van der Waals surface area (Å²) < 4.78 is 32.1. The maximum Gasteiger partial charge on any atom is 0.333 e. The highest BCUT2D eigenvalue weighted by Crippen LogP contribution is 2.19. The van der Waals surface area contributed by atoms with Gasteiger partial charge in [0.25, 0.3) is 5.56 Å². The molecule has 2 atom stereocenters. The van der Waals surface area contributed by atoms with E-state index in [0.29, 0.717) is 0 Å². The van der Waals surface area contributed by atoms with Crippen LogP contribution in [-0.4, -0.2) is 30.7 Å². The van der Waals surface area contributed by atoms with E-state index in [-0.39, 0.29) is 6.61 Å². The van der Waals surface area contributed by atoms with Crippen molar-refractivity contribution in [3.8, 4) is 0 Å². The number of rotatable bonds is 4. The Labute approximate surface area is 107 Å². The molecule has 1 aromatic rings. The first-order valence-electron chi connectivity index (χ1n) is 5.17. The summed E-state index contributed by atoms with van der Waals surface area (Å²) in [4.78, 5) is 24.5. The van der Waals surface area contributed by atoms with Gasteiger partial charge in [0, 0.05) is 12.3 Å². The van der Waals surface area contributed by atoms with Crippen LogP contribution in [0.25, 0.3) is 0 Å². The minimum absolute atomic E-state index is 0.288. The Hall–Kier alpha value is -1.75. The summed E-state index contributed by atoms with van der Waals surface area (Å²) in [5, 5.41) is 4.68. The average Bonchev–Trinajstić information content (AvgIpc) is 2.74. The van der Waals surface area contributed by atoms with Gasteiger partial charge in [-0.3, -0.25) is 18.5 Å². The van der Waals surface area contributed by atoms with Gasteiger partial charge < -0.3 is 4.74 Å². The van der Waals surface area contributed by atoms with E-state index in [4.69, 9.17) is 4.74 Å². The van der Waals surface area contributed by atoms with Crippen LogP contribution in [0, 0.1) is 0 Å². The molecule has 2 heterocycles. The Balaban J connectivity index is 2.05. The van der Waals surface area contributed by atoms with Crippen molar-refractivity contribution in [2.75, 3.05) is 6.61 Å². The summed E-state index contributed by atoms with van der Waals surface area (Å²) in [5.41, 5.74) is -1.15. The first kappa shape index (κ1) is 13.7. The molecule has 0 aromatic carbocycles. The molecular formula is C9H11N3O6S. The van der Waals surface area contributed by atoms with Crippen LogP contribution in [0.2, 0.25) is 0 Å². The summed E-state index contributed by atoms with van der Waals surface area (Å²) >= 11 is 0. The largest absolute Gasteiger partial charge is 0.344 e. The summed E-state index contributed by atoms with van der Waals surface area (Å²) in [6.07, 6.45) is 2.96. The maximum atomic E-state index is 11.5. The molecule has 9 nitrogen and oxygen atoms in total. The molecule has 0 radical (unpaired) electrons. The first-order valence-corrected chi connectivity index (χ1v) is 6.65. The predicted molar refractivity (Wildman–Crippen MR) is 63.4 cm³/mol. The third kappa shape index (κ3) is 3.61. The topological polar surface area (TPSA) is 133 Å². The number of aromatic nitrogens is 2. The smallest absolute Gasteiger partial charge is 0.333 e. The number of aromatic amines is 1. The predicted octanol–water partition coefficient (Wildman–Crippen LogP) is -1.79. The number of ether oxygens (including phenoxy) is 1. The average molecular weight is 289 g/mol. The van der Waals surface area contributed by atoms with Gasteiger partial charge in [-0.05, 0) is 6.08 Å². The molecule has 3 N–H and O–H groups in total. The number of nitrogens with two attached hydrogens (primary N) is 1. The summed E-state index contributed by atoms with van der Waals surface area (Å²) in [7, 11) is -4.04. The van der Waals surface area contributed by atoms with E-state index in [1.165, 1.54) is 24.4 Å². The van der Waals surface area contributed by atoms with Crippen LogP contribution >= 0.6 is 0 Å². The Morgan fingerprint density at radius 3 is 2.79 bits per heavy atom. The van der Waals surface area contributed by atoms with Gasteiger partial charge in [0.2, 0.25) is 0 Å². The molecule has 0 aliphatic carbocycles. The lowest BCUT2D eigenvalue weighted by atomic mass is 10.4. The van der Waals surface area contributed by atoms with Crippen LogP contribution in [0.15, 0.2) is 34.0 Å². The fourth-order valence-electron chi connectivity index (χ4n) is 1.53. The highest BCUT2D eigenvalue weighted by Gasteiger charge is 2.22. The van der Waals surface area contributed by atoms with Crippen LogP contribution in [0.3, 0.4) is 0 Å². The Kier molecular flexibility index (Phi) is 3.66. The molecule has 1 aliphatic heterocycles. The van der Waals surface area contributed by atoms with Crippen molar-refractivity contribution in [2.45, 2.75) is 12.3 Å². The molecule has 1 aromatic heterocycles. The van der Waals surface area contributed by atoms with E-state index in [0.717, 1.165) is 4.57 Å². The highest BCUT2D eigenvalue weighted by molar-refractivity contribution is 7.84. The van der Waals surface area contributed by atoms with E-state index in [1.54, 1.807) is 0 Å². The van der Waals surface area contributed by atoms with Gasteiger partial charge in [-0.2, -0.15) is 8.42 Å². The van der Waals surface area contributed by atoms with Crippen LogP contribution in [0.1, 0.15) is 6.23 Å². The van der Waals surface area contributed by atoms with Crippen LogP contribution in [-0.2, 0) is 19.2 Å². The van der Waals surface area contributed by atoms with Gasteiger partial charge in [0.05, 0.1) is 6.61 Å². The van der Waals surface area contributed by atoms with Gasteiger partial charge in [-0.1, -0.05) is 6.08 Å². The van der Waals surface area contributed by atoms with Crippen molar-refractivity contribution in [2.24, 2.45) is 5.14 Å². The SMILES string of the molecule is NS(=O)(=O)OC[C@@H]1C=C[C@H](n2ccc(=O)[nH]c2=O)O1. The molecule has 0 bridgehead atoms. The minimum Gasteiger partial charge on any atom is -0.344 e. The van der Waals surface area contributed by atoms with E-state index >= 15 is 0 Å². The van der Waals surface area contributed by atoms with Gasteiger partial charge in [-0.25, -0.2) is 9.93 Å². The van der Waals surface area contributed by atoms with E-state index in [9.17, 15) is 18.0 Å². The second-order valence-corrected chi connectivity index (χ2v) is 4.97. The normalized spacial score (nSPS) is 22.8. The second kappa shape index (κ2) is 5.09. The molecule has 0 unspecified atom stereocenters. The summed E-state index contributed by atoms with van der Waals surface area (Å²) in [5.74, 6) is 0. The van der Waals surface area contributed by atoms with Crippen LogP contribution < -0.4 is 16.4 Å². The monoisotopic (exact) mass is 289 g/mol. The van der Waals surface area contributed by atoms with Gasteiger partial charge in [0.1, 0.15) is 6.10 Å². The first-order chi connectivity index (χ1) is 8.85. The fourth-order valence-corrected chi connectivity index (χ4v) is 1.86. The van der Waals surface area contributed by atoms with Crippen molar-refractivity contribution in [1.29, 1.82) is 0 Å². The molecule has 19 heavy (non-hydrogen) atoms. The number of hydrogen-bond acceptors (Lipinski definition) is 6. The van der Waals surface area contributed by atoms with Crippen LogP contribution in [0.4, 0.5) is 0 Å². The molecule has 0 amide bonds. The zero-order chi connectivity index (χ0) is 14.0. The standard InChI is InChI=1S/C9H11N3O6S/c10-19(15,16)17-5-6-1-2-8(18-6)12-4-3-7(13)11-9(12)14/h1-4,6,8H,5H2,(H2,10,15,16)(H,11,13,14)/t6-,8+/m0/s1. The molecule has 2 rings (SSSR count). The Morgan fingerprint density at radius 1 is 1.42 bits per heavy atom. The fraction of sp³-hybridized carbons (Fsp3) is 0.333. The Bertz CT molecular complexity index is 703. The third-order valence-corrected chi connectivity index (χ3v) is 2.79. The Morgan fingerprint density at radius 2 is 2.16 bits per heavy atom. The quantitative estimate of drug-likeness (QED) is 0.629. The van der Waals surface area contributed by atoms with Crippen molar-refractivity contribution in [3.05, 3.63) is 45.3 Å². The number of nitrogens with zero attached hydrogens (tertiary/aromatic N) is 1. The molecule has 0 saturated heterocycles. The minimum atomic E-state index is -4.04. The van der Waals surface area contributed by atoms with Crippen molar-refractivity contribution in [3.63, 3.8) is 0 Å². The lowest BCUT2D eigenvalue weighted by Crippen LogP contribution is -2.32. The second-order valence-electron chi connectivity index (χ2n) is 3.74. The summed E-state index contributed by atoms with van der Waals surface area (Å²) in [6, 6.07) is 1.17. The lowest BCUT2D eigenvalue weighted by Gasteiger charge is -2.15. The number of hydrogen-bond donors (Lipinski definition) is 2. The number of nitrogens with one attached hydrogen (secondary N) is 1. The zero-order valence-electron chi connectivity index (χ0n) is 9.55. The highest BCUT2D eigenvalue weighted by atomic mass is 32.2. The molecule has 10 heteroatoms. The molecule has 0 saturated carbocycles. The molecular weight excluding hydrogens is 278 g/mol. The third-order valence-electron chi connectivity index (χ3n) is 2.33. The number of H-pyrrole nitrogens is 1. The van der Waals surface area contributed by atoms with E-state index in [2.05, 4.69) is 14.3 Å². The van der Waals surface area contributed by atoms with Crippen molar-refractivity contribution in [1.82, 2.24) is 9.55 Å². The van der Waals surface area contributed by atoms with Gasteiger partial charge in [0.15, 0.2) is 6.23 Å². The summed E-state index contributed by atoms with van der Waals surface area (Å²) in [6.45, 7) is -0.288. The molecule has 0 fully saturated rings. The van der Waals surface area contributed by atoms with E-state index < -0.39 is 33.9 Å². The van der Waals surface area contributed by atoms with Crippen LogP contribution in [0.5, 0.6) is 0 Å². The van der Waals surface area contributed by atoms with Gasteiger partial charge in [-0.15, -0.1) is 0 Å². The van der Waals surface area contributed by atoms with E-state index in [1.807, 2.05) is 0 Å². The van der Waals surface area contributed by atoms with Gasteiger partial charge >= 0.3 is 16.0 Å². The zero-order valence-corrected chi connectivity index (χ0v) is 10.4. The molecule has 0 spiro atoms. The molecule has 104 valence electrons. The van der Waals surface area contributed by atoms with Crippen molar-refractivity contribution < 1.29 is 17.3 Å². The maximum absolute atomic E-state index is 11.5. The lowest BCUT2D eigenvalue weighted by molar-refractivity contribution is -0.00434. The van der Waals surface area contributed by atoms with Crippen molar-refractivity contribution >= 4 is 10.3 Å². The molecule has 1 aliphatic rings.